The summed E-state index contributed by atoms with van der Waals surface area (Å²) in [5.41, 5.74) is 2.50. The van der Waals surface area contributed by atoms with Gasteiger partial charge in [-0.25, -0.2) is 4.39 Å². The Kier molecular flexibility index (Phi) is 4.04. The fourth-order valence-corrected chi connectivity index (χ4v) is 3.67. The highest BCUT2D eigenvalue weighted by Gasteiger charge is 2.16. The van der Waals surface area contributed by atoms with Crippen LogP contribution in [0.15, 0.2) is 48.5 Å². The third-order valence-corrected chi connectivity index (χ3v) is 4.78. The molecule has 21 heavy (non-hydrogen) atoms. The molecule has 0 aliphatic rings. The quantitative estimate of drug-likeness (QED) is 0.711. The molecule has 0 spiro atoms. The number of hydrogen-bond donors (Lipinski definition) is 1. The number of benzene rings is 2. The summed E-state index contributed by atoms with van der Waals surface area (Å²) in [5.74, 6) is -0.179. The number of fused-ring (bicyclic) bond motifs is 1. The Bertz CT molecular complexity index is 746. The maximum atomic E-state index is 13.4. The lowest BCUT2D eigenvalue weighted by Crippen LogP contribution is -2.20. The van der Waals surface area contributed by atoms with E-state index < -0.39 is 0 Å². The van der Waals surface area contributed by atoms with Crippen LogP contribution in [0.1, 0.15) is 29.0 Å². The van der Waals surface area contributed by atoms with E-state index in [9.17, 15) is 4.39 Å². The van der Waals surface area contributed by atoms with Crippen LogP contribution < -0.4 is 5.32 Å². The third kappa shape index (κ3) is 2.99. The Hall–Kier alpha value is -1.71. The number of thiophene rings is 1. The minimum Gasteiger partial charge on any atom is -0.306 e. The summed E-state index contributed by atoms with van der Waals surface area (Å²) in [5, 5.41) is 4.50. The standard InChI is InChI=1S/C18H18FNS/c1-3-20-18(13-6-4-12(2)5-7-13)17-11-14-10-15(19)8-9-16(14)21-17/h4-11,18,20H,3H2,1-2H3. The van der Waals surface area contributed by atoms with E-state index in [1.54, 1.807) is 17.4 Å². The van der Waals surface area contributed by atoms with Gasteiger partial charge in [0.2, 0.25) is 0 Å². The molecule has 108 valence electrons. The summed E-state index contributed by atoms with van der Waals surface area (Å²) in [6.07, 6.45) is 0. The normalized spacial score (nSPS) is 12.7. The van der Waals surface area contributed by atoms with Crippen LogP contribution in [0.2, 0.25) is 0 Å². The second kappa shape index (κ2) is 5.96. The molecular formula is C18H18FNS. The van der Waals surface area contributed by atoms with Gasteiger partial charge in [-0.05, 0) is 48.7 Å². The zero-order chi connectivity index (χ0) is 14.8. The van der Waals surface area contributed by atoms with Gasteiger partial charge in [-0.1, -0.05) is 36.8 Å². The van der Waals surface area contributed by atoms with E-state index in [1.165, 1.54) is 22.1 Å². The predicted octanol–water partition coefficient (Wildman–Crippen LogP) is 5.05. The molecule has 2 aromatic carbocycles. The van der Waals surface area contributed by atoms with Gasteiger partial charge < -0.3 is 5.32 Å². The fourth-order valence-electron chi connectivity index (χ4n) is 2.52. The molecule has 3 rings (SSSR count). The van der Waals surface area contributed by atoms with E-state index in [2.05, 4.69) is 49.5 Å². The van der Waals surface area contributed by atoms with Crippen molar-refractivity contribution in [2.45, 2.75) is 19.9 Å². The molecule has 3 heteroatoms. The summed E-state index contributed by atoms with van der Waals surface area (Å²) in [4.78, 5) is 1.22. The molecule has 1 N–H and O–H groups in total. The summed E-state index contributed by atoms with van der Waals surface area (Å²) in [6, 6.07) is 15.8. The van der Waals surface area contributed by atoms with Crippen LogP contribution in [0, 0.1) is 12.7 Å². The molecule has 1 heterocycles. The van der Waals surface area contributed by atoms with Crippen molar-refractivity contribution in [3.63, 3.8) is 0 Å². The highest BCUT2D eigenvalue weighted by Crippen LogP contribution is 2.33. The highest BCUT2D eigenvalue weighted by molar-refractivity contribution is 7.19. The van der Waals surface area contributed by atoms with Gasteiger partial charge in [0.15, 0.2) is 0 Å². The molecule has 0 saturated heterocycles. The Morgan fingerprint density at radius 2 is 1.86 bits per heavy atom. The zero-order valence-electron chi connectivity index (χ0n) is 12.2. The lowest BCUT2D eigenvalue weighted by Gasteiger charge is -2.17. The largest absolute Gasteiger partial charge is 0.306 e. The molecule has 0 aliphatic carbocycles. The first-order chi connectivity index (χ1) is 10.2. The molecule has 0 fully saturated rings. The minimum atomic E-state index is -0.179. The van der Waals surface area contributed by atoms with Crippen molar-refractivity contribution >= 4 is 21.4 Å². The van der Waals surface area contributed by atoms with E-state index in [4.69, 9.17) is 0 Å². The topological polar surface area (TPSA) is 12.0 Å². The first kappa shape index (κ1) is 14.2. The molecule has 0 bridgehead atoms. The summed E-state index contributed by atoms with van der Waals surface area (Å²) < 4.78 is 14.5. The van der Waals surface area contributed by atoms with Gasteiger partial charge in [0.1, 0.15) is 5.82 Å². The molecule has 1 unspecified atom stereocenters. The first-order valence-electron chi connectivity index (χ1n) is 7.16. The average Bonchev–Trinajstić information content (AvgIpc) is 2.88. The number of rotatable bonds is 4. The van der Waals surface area contributed by atoms with Crippen LogP contribution in [-0.2, 0) is 0 Å². The van der Waals surface area contributed by atoms with Crippen molar-refractivity contribution < 1.29 is 4.39 Å². The zero-order valence-corrected chi connectivity index (χ0v) is 13.0. The van der Waals surface area contributed by atoms with E-state index >= 15 is 0 Å². The predicted molar refractivity (Wildman–Crippen MR) is 88.5 cm³/mol. The van der Waals surface area contributed by atoms with Crippen LogP contribution in [0.25, 0.3) is 10.1 Å². The second-order valence-corrected chi connectivity index (χ2v) is 6.35. The summed E-state index contributed by atoms with van der Waals surface area (Å²) in [6.45, 7) is 5.09. The fraction of sp³-hybridized carbons (Fsp3) is 0.222. The van der Waals surface area contributed by atoms with E-state index in [0.29, 0.717) is 0 Å². The van der Waals surface area contributed by atoms with Gasteiger partial charge in [-0.3, -0.25) is 0 Å². The number of nitrogens with one attached hydrogen (secondary N) is 1. The van der Waals surface area contributed by atoms with Crippen molar-refractivity contribution in [3.8, 4) is 0 Å². The lowest BCUT2D eigenvalue weighted by atomic mass is 10.0. The van der Waals surface area contributed by atoms with Crippen molar-refractivity contribution in [1.29, 1.82) is 0 Å². The molecule has 1 aromatic heterocycles. The van der Waals surface area contributed by atoms with Gasteiger partial charge in [0.25, 0.3) is 0 Å². The van der Waals surface area contributed by atoms with Crippen molar-refractivity contribution in [3.05, 3.63) is 70.4 Å². The van der Waals surface area contributed by atoms with Crippen LogP contribution >= 0.6 is 11.3 Å². The highest BCUT2D eigenvalue weighted by atomic mass is 32.1. The number of hydrogen-bond acceptors (Lipinski definition) is 2. The summed E-state index contributed by atoms with van der Waals surface area (Å²) >= 11 is 1.72. The maximum Gasteiger partial charge on any atom is 0.123 e. The minimum absolute atomic E-state index is 0.163. The first-order valence-corrected chi connectivity index (χ1v) is 7.98. The Morgan fingerprint density at radius 3 is 2.57 bits per heavy atom. The Morgan fingerprint density at radius 1 is 1.10 bits per heavy atom. The molecule has 0 saturated carbocycles. The van der Waals surface area contributed by atoms with Crippen LogP contribution in [0.3, 0.4) is 0 Å². The molecule has 0 radical (unpaired) electrons. The van der Waals surface area contributed by atoms with Crippen LogP contribution in [0.5, 0.6) is 0 Å². The monoisotopic (exact) mass is 299 g/mol. The van der Waals surface area contributed by atoms with Gasteiger partial charge in [0, 0.05) is 9.58 Å². The molecule has 3 aromatic rings. The molecule has 0 aliphatic heterocycles. The lowest BCUT2D eigenvalue weighted by molar-refractivity contribution is 0.629. The number of aryl methyl sites for hydroxylation is 1. The average molecular weight is 299 g/mol. The van der Waals surface area contributed by atoms with E-state index in [0.717, 1.165) is 16.6 Å². The molecule has 1 atom stereocenters. The third-order valence-electron chi connectivity index (χ3n) is 3.60. The molecule has 0 amide bonds. The summed E-state index contributed by atoms with van der Waals surface area (Å²) in [7, 11) is 0. The molecular weight excluding hydrogens is 281 g/mol. The van der Waals surface area contributed by atoms with Gasteiger partial charge in [0.05, 0.1) is 6.04 Å². The molecule has 1 nitrogen and oxygen atoms in total. The smallest absolute Gasteiger partial charge is 0.123 e. The van der Waals surface area contributed by atoms with Crippen molar-refractivity contribution in [2.24, 2.45) is 0 Å². The van der Waals surface area contributed by atoms with Crippen molar-refractivity contribution in [2.75, 3.05) is 6.54 Å². The Labute approximate surface area is 128 Å². The van der Waals surface area contributed by atoms with Crippen LogP contribution in [0.4, 0.5) is 4.39 Å². The van der Waals surface area contributed by atoms with Gasteiger partial charge >= 0.3 is 0 Å². The van der Waals surface area contributed by atoms with Crippen molar-refractivity contribution in [1.82, 2.24) is 5.32 Å². The van der Waals surface area contributed by atoms with Crippen LogP contribution in [-0.4, -0.2) is 6.54 Å². The van der Waals surface area contributed by atoms with E-state index in [1.807, 2.05) is 6.07 Å². The van der Waals surface area contributed by atoms with Gasteiger partial charge in [-0.15, -0.1) is 11.3 Å². The van der Waals surface area contributed by atoms with E-state index in [-0.39, 0.29) is 11.9 Å². The Balaban J connectivity index is 2.04. The van der Waals surface area contributed by atoms with Gasteiger partial charge in [-0.2, -0.15) is 0 Å². The maximum absolute atomic E-state index is 13.4. The SMILES string of the molecule is CCNC(c1ccc(C)cc1)c1cc2cc(F)ccc2s1. The number of halogens is 1. The second-order valence-electron chi connectivity index (χ2n) is 5.23.